The first kappa shape index (κ1) is 15.3. The number of halogens is 1. The number of hydrogen-bond donors (Lipinski definition) is 2. The topological polar surface area (TPSA) is 69.6 Å². The van der Waals surface area contributed by atoms with E-state index in [1.165, 1.54) is 17.0 Å². The van der Waals surface area contributed by atoms with E-state index in [2.05, 4.69) is 5.32 Å². The van der Waals surface area contributed by atoms with Gasteiger partial charge in [0.1, 0.15) is 5.82 Å². The first-order valence-electron chi connectivity index (χ1n) is 6.86. The van der Waals surface area contributed by atoms with E-state index in [1.807, 2.05) is 0 Å². The van der Waals surface area contributed by atoms with Gasteiger partial charge in [0, 0.05) is 13.1 Å². The van der Waals surface area contributed by atoms with Gasteiger partial charge in [-0.3, -0.25) is 4.79 Å². The molecule has 21 heavy (non-hydrogen) atoms. The van der Waals surface area contributed by atoms with Crippen molar-refractivity contribution in [1.82, 2.24) is 10.2 Å². The molecule has 1 aromatic carbocycles. The lowest BCUT2D eigenvalue weighted by Gasteiger charge is -2.23. The molecule has 0 radical (unpaired) electrons. The Hall–Kier alpha value is -2.11. The van der Waals surface area contributed by atoms with Gasteiger partial charge in [-0.2, -0.15) is 0 Å². The summed E-state index contributed by atoms with van der Waals surface area (Å²) in [6.45, 7) is 3.99. The lowest BCUT2D eigenvalue weighted by molar-refractivity contribution is -0.146. The van der Waals surface area contributed by atoms with Gasteiger partial charge in [-0.25, -0.2) is 9.18 Å². The molecule has 6 heteroatoms. The molecule has 1 heterocycles. The van der Waals surface area contributed by atoms with E-state index in [9.17, 15) is 14.0 Å². The Labute approximate surface area is 122 Å². The molecule has 2 atom stereocenters. The number of urea groups is 1. The summed E-state index contributed by atoms with van der Waals surface area (Å²) in [6.07, 6.45) is 0.435. The molecule has 0 aromatic heterocycles. The van der Waals surface area contributed by atoms with Gasteiger partial charge in [-0.05, 0) is 38.0 Å². The lowest BCUT2D eigenvalue weighted by Crippen LogP contribution is -2.41. The molecule has 0 saturated carbocycles. The Morgan fingerprint density at radius 2 is 2.19 bits per heavy atom. The van der Waals surface area contributed by atoms with Gasteiger partial charge in [0.25, 0.3) is 0 Å². The smallest absolute Gasteiger partial charge is 0.317 e. The number of hydrogen-bond acceptors (Lipinski definition) is 2. The highest BCUT2D eigenvalue weighted by Crippen LogP contribution is 2.30. The number of nitrogens with one attached hydrogen (secondary N) is 1. The highest BCUT2D eigenvalue weighted by molar-refractivity contribution is 5.79. The van der Waals surface area contributed by atoms with Crippen molar-refractivity contribution in [3.05, 3.63) is 35.6 Å². The van der Waals surface area contributed by atoms with E-state index < -0.39 is 11.4 Å². The highest BCUT2D eigenvalue weighted by Gasteiger charge is 2.42. The molecule has 2 amide bonds. The zero-order valence-electron chi connectivity index (χ0n) is 12.1. The van der Waals surface area contributed by atoms with E-state index in [0.29, 0.717) is 18.5 Å². The minimum absolute atomic E-state index is 0.185. The number of carboxylic acid groups (broad SMARTS) is 1. The summed E-state index contributed by atoms with van der Waals surface area (Å²) >= 11 is 0. The highest BCUT2D eigenvalue weighted by atomic mass is 19.1. The van der Waals surface area contributed by atoms with E-state index in [1.54, 1.807) is 26.0 Å². The van der Waals surface area contributed by atoms with Crippen LogP contribution in [0.3, 0.4) is 0 Å². The summed E-state index contributed by atoms with van der Waals surface area (Å²) in [5.41, 5.74) is -0.220. The minimum atomic E-state index is -0.893. The number of nitrogens with zero attached hydrogens (tertiary/aromatic N) is 1. The van der Waals surface area contributed by atoms with Crippen LogP contribution < -0.4 is 5.32 Å². The Morgan fingerprint density at radius 1 is 1.48 bits per heavy atom. The van der Waals surface area contributed by atoms with E-state index in [4.69, 9.17) is 5.11 Å². The number of likely N-dealkylation sites (tertiary alicyclic amines) is 1. The maximum atomic E-state index is 13.2. The van der Waals surface area contributed by atoms with Gasteiger partial charge in [-0.15, -0.1) is 0 Å². The van der Waals surface area contributed by atoms with Crippen molar-refractivity contribution in [2.45, 2.75) is 26.3 Å². The molecule has 114 valence electrons. The van der Waals surface area contributed by atoms with Gasteiger partial charge >= 0.3 is 12.0 Å². The number of rotatable bonds is 3. The molecule has 1 aliphatic rings. The quantitative estimate of drug-likeness (QED) is 0.899. The fourth-order valence-corrected chi connectivity index (χ4v) is 2.44. The van der Waals surface area contributed by atoms with Crippen LogP contribution in [-0.4, -0.2) is 35.1 Å². The van der Waals surface area contributed by atoms with Crippen molar-refractivity contribution >= 4 is 12.0 Å². The Bertz CT molecular complexity index is 564. The monoisotopic (exact) mass is 294 g/mol. The number of carbonyl (C=O) groups excluding carboxylic acids is 1. The molecule has 0 aliphatic carbocycles. The SMILES string of the molecule is CC(NC(=O)N1CCC(C)(C(=O)O)C1)c1cccc(F)c1. The Kier molecular flexibility index (Phi) is 4.16. The summed E-state index contributed by atoms with van der Waals surface area (Å²) in [5, 5.41) is 11.9. The fourth-order valence-electron chi connectivity index (χ4n) is 2.44. The molecule has 1 aromatic rings. The summed E-state index contributed by atoms with van der Waals surface area (Å²) in [5.74, 6) is -1.25. The second-order valence-corrected chi connectivity index (χ2v) is 5.76. The predicted molar refractivity (Wildman–Crippen MR) is 75.3 cm³/mol. The van der Waals surface area contributed by atoms with Crippen LogP contribution in [0.2, 0.25) is 0 Å². The second kappa shape index (κ2) is 5.71. The van der Waals surface area contributed by atoms with Crippen LogP contribution in [-0.2, 0) is 4.79 Å². The van der Waals surface area contributed by atoms with Gasteiger partial charge in [0.15, 0.2) is 0 Å². The summed E-state index contributed by atoms with van der Waals surface area (Å²) in [7, 11) is 0. The number of benzene rings is 1. The second-order valence-electron chi connectivity index (χ2n) is 5.76. The van der Waals surface area contributed by atoms with Crippen LogP contribution in [0.25, 0.3) is 0 Å². The van der Waals surface area contributed by atoms with Gasteiger partial charge in [0.2, 0.25) is 0 Å². The normalized spacial score (nSPS) is 22.9. The molecule has 1 aliphatic heterocycles. The van der Waals surface area contributed by atoms with Crippen LogP contribution in [0.4, 0.5) is 9.18 Å². The minimum Gasteiger partial charge on any atom is -0.481 e. The zero-order chi connectivity index (χ0) is 15.6. The number of carboxylic acids is 1. The van der Waals surface area contributed by atoms with E-state index in [0.717, 1.165) is 0 Å². The van der Waals surface area contributed by atoms with Crippen molar-refractivity contribution in [2.75, 3.05) is 13.1 Å². The zero-order valence-corrected chi connectivity index (χ0v) is 12.1. The number of aliphatic carboxylic acids is 1. The van der Waals surface area contributed by atoms with Gasteiger partial charge < -0.3 is 15.3 Å². The average Bonchev–Trinajstić information content (AvgIpc) is 2.83. The molecule has 2 N–H and O–H groups in total. The molecule has 0 spiro atoms. The molecule has 2 rings (SSSR count). The maximum Gasteiger partial charge on any atom is 0.317 e. The number of carbonyl (C=O) groups is 2. The summed E-state index contributed by atoms with van der Waals surface area (Å²) in [6, 6.07) is 5.37. The van der Waals surface area contributed by atoms with Gasteiger partial charge in [0.05, 0.1) is 11.5 Å². The van der Waals surface area contributed by atoms with Crippen LogP contribution >= 0.6 is 0 Å². The molecule has 1 saturated heterocycles. The standard InChI is InChI=1S/C15H19FN2O3/c1-10(11-4-3-5-12(16)8-11)17-14(21)18-7-6-15(2,9-18)13(19)20/h3-5,8,10H,6-7,9H2,1-2H3,(H,17,21)(H,19,20). The molecule has 5 nitrogen and oxygen atoms in total. The van der Waals surface area contributed by atoms with Crippen LogP contribution in [0.5, 0.6) is 0 Å². The Morgan fingerprint density at radius 3 is 2.76 bits per heavy atom. The van der Waals surface area contributed by atoms with Crippen molar-refractivity contribution in [1.29, 1.82) is 0 Å². The third-order valence-electron chi connectivity index (χ3n) is 3.97. The van der Waals surface area contributed by atoms with Crippen molar-refractivity contribution in [3.63, 3.8) is 0 Å². The fraction of sp³-hybridized carbons (Fsp3) is 0.467. The molecular weight excluding hydrogens is 275 g/mol. The van der Waals surface area contributed by atoms with Crippen molar-refractivity contribution in [3.8, 4) is 0 Å². The van der Waals surface area contributed by atoms with Crippen LogP contribution in [0.1, 0.15) is 31.9 Å². The first-order chi connectivity index (χ1) is 9.82. The maximum absolute atomic E-state index is 13.2. The van der Waals surface area contributed by atoms with Crippen LogP contribution in [0, 0.1) is 11.2 Å². The largest absolute Gasteiger partial charge is 0.481 e. The average molecular weight is 294 g/mol. The van der Waals surface area contributed by atoms with Crippen molar-refractivity contribution < 1.29 is 19.1 Å². The summed E-state index contributed by atoms with van der Waals surface area (Å²) in [4.78, 5) is 24.8. The predicted octanol–water partition coefficient (Wildman–Crippen LogP) is 2.39. The molecule has 2 unspecified atom stereocenters. The molecule has 0 bridgehead atoms. The van der Waals surface area contributed by atoms with Crippen molar-refractivity contribution in [2.24, 2.45) is 5.41 Å². The molecule has 1 fully saturated rings. The Balaban J connectivity index is 1.98. The van der Waals surface area contributed by atoms with Crippen LogP contribution in [0.15, 0.2) is 24.3 Å². The summed E-state index contributed by atoms with van der Waals surface area (Å²) < 4.78 is 13.2. The van der Waals surface area contributed by atoms with Gasteiger partial charge in [-0.1, -0.05) is 12.1 Å². The van der Waals surface area contributed by atoms with E-state index >= 15 is 0 Å². The molecular formula is C15H19FN2O3. The first-order valence-corrected chi connectivity index (χ1v) is 6.86. The number of amides is 2. The lowest BCUT2D eigenvalue weighted by atomic mass is 9.90. The third kappa shape index (κ3) is 3.32. The van der Waals surface area contributed by atoms with E-state index in [-0.39, 0.29) is 24.4 Å². The third-order valence-corrected chi connectivity index (χ3v) is 3.97.